The monoisotopic (exact) mass is 580 g/mol. The van der Waals surface area contributed by atoms with Crippen LogP contribution in [0.15, 0.2) is 146 Å². The van der Waals surface area contributed by atoms with Gasteiger partial charge in [-0.25, -0.2) is 0 Å². The van der Waals surface area contributed by atoms with Crippen LogP contribution in [0.2, 0.25) is 0 Å². The molecule has 0 saturated carbocycles. The molecule has 11 aromatic rings. The molecule has 0 amide bonds. The first-order chi connectivity index (χ1) is 22.8. The highest BCUT2D eigenvalue weighted by Crippen LogP contribution is 2.53. The summed E-state index contributed by atoms with van der Waals surface area (Å²) < 4.78 is 0. The van der Waals surface area contributed by atoms with Crippen LogP contribution in [0.5, 0.6) is 0 Å². The van der Waals surface area contributed by atoms with Gasteiger partial charge in [-0.05, 0) is 118 Å². The molecule has 0 aliphatic carbocycles. The second kappa shape index (κ2) is 8.74. The van der Waals surface area contributed by atoms with Crippen LogP contribution < -0.4 is 0 Å². The number of benzene rings is 7. The van der Waals surface area contributed by atoms with Crippen molar-refractivity contribution in [2.24, 2.45) is 0 Å². The van der Waals surface area contributed by atoms with Crippen molar-refractivity contribution in [1.29, 1.82) is 0 Å². The van der Waals surface area contributed by atoms with E-state index in [0.717, 1.165) is 11.4 Å². The summed E-state index contributed by atoms with van der Waals surface area (Å²) in [6.07, 6.45) is 3.84. The smallest absolute Gasteiger partial charge is 0.0714 e. The lowest BCUT2D eigenvalue weighted by atomic mass is 9.88. The Labute approximate surface area is 263 Å². The van der Waals surface area contributed by atoms with Gasteiger partial charge in [-0.2, -0.15) is 0 Å². The molecule has 2 heterocycles. The Kier molecular flexibility index (Phi) is 4.61. The van der Waals surface area contributed by atoms with Gasteiger partial charge in [0.1, 0.15) is 0 Å². The third kappa shape index (κ3) is 3.01. The SMILES string of the molecule is c1ccc(-c2c3cc4c(cc3c(-c3ccccn3)c3c5cc6ccccc6c6cccc(c23)c65)c2cccc3cccc4c32)nc1. The van der Waals surface area contributed by atoms with Gasteiger partial charge in [0.25, 0.3) is 0 Å². The Hall–Kier alpha value is -6.12. The van der Waals surface area contributed by atoms with E-state index < -0.39 is 0 Å². The van der Waals surface area contributed by atoms with Crippen LogP contribution >= 0.6 is 0 Å². The maximum Gasteiger partial charge on any atom is 0.0714 e. The second-order valence-electron chi connectivity index (χ2n) is 12.5. The second-order valence-corrected chi connectivity index (χ2v) is 12.5. The molecule has 0 unspecified atom stereocenters. The van der Waals surface area contributed by atoms with Crippen LogP contribution in [0.1, 0.15) is 0 Å². The highest BCUT2D eigenvalue weighted by Gasteiger charge is 2.26. The zero-order chi connectivity index (χ0) is 29.9. The lowest BCUT2D eigenvalue weighted by molar-refractivity contribution is 1.33. The minimum absolute atomic E-state index is 0.985. The number of pyridine rings is 2. The summed E-state index contributed by atoms with van der Waals surface area (Å²) in [6.45, 7) is 0. The molecule has 2 aromatic heterocycles. The number of hydrogen-bond donors (Lipinski definition) is 0. The number of rotatable bonds is 2. The summed E-state index contributed by atoms with van der Waals surface area (Å²) in [7, 11) is 0. The zero-order valence-corrected chi connectivity index (χ0v) is 24.8. The third-order valence-electron chi connectivity index (χ3n) is 10.2. The van der Waals surface area contributed by atoms with E-state index in [0.29, 0.717) is 0 Å². The molecule has 0 fully saturated rings. The van der Waals surface area contributed by atoms with Gasteiger partial charge in [0.05, 0.1) is 11.4 Å². The molecule has 0 atom stereocenters. The minimum atomic E-state index is 0.985. The predicted octanol–water partition coefficient (Wildman–Crippen LogP) is 11.9. The van der Waals surface area contributed by atoms with E-state index in [1.165, 1.54) is 97.3 Å². The van der Waals surface area contributed by atoms with Crippen molar-refractivity contribution in [3.05, 3.63) is 146 Å². The minimum Gasteiger partial charge on any atom is -0.256 e. The topological polar surface area (TPSA) is 25.8 Å². The van der Waals surface area contributed by atoms with Gasteiger partial charge in [-0.1, -0.05) is 91.0 Å². The van der Waals surface area contributed by atoms with Crippen molar-refractivity contribution in [2.75, 3.05) is 0 Å². The molecular weight excluding hydrogens is 556 g/mol. The van der Waals surface area contributed by atoms with Gasteiger partial charge in [-0.3, -0.25) is 9.97 Å². The number of aromatic nitrogens is 2. The largest absolute Gasteiger partial charge is 0.256 e. The molecule has 11 rings (SSSR count). The van der Waals surface area contributed by atoms with E-state index in [1.54, 1.807) is 0 Å². The first-order valence-electron chi connectivity index (χ1n) is 15.8. The Morgan fingerprint density at radius 1 is 0.283 bits per heavy atom. The molecule has 0 aliphatic rings. The maximum absolute atomic E-state index is 5.02. The van der Waals surface area contributed by atoms with Crippen LogP contribution in [0.3, 0.4) is 0 Å². The van der Waals surface area contributed by atoms with E-state index in [-0.39, 0.29) is 0 Å². The van der Waals surface area contributed by atoms with Crippen molar-refractivity contribution < 1.29 is 0 Å². The van der Waals surface area contributed by atoms with E-state index >= 15 is 0 Å². The standard InChI is InChI=1S/C44H24N2/c1-2-13-27-26(10-1)22-36-40-28(27)16-9-17-31(40)43-41(37-18-3-5-20-45-37)34-23-32-29-14-7-11-25-12-8-15-30(39(25)29)33(32)24-35(34)42(44(36)43)38-19-4-6-21-46-38/h1-24H. The quantitative estimate of drug-likeness (QED) is 0.190. The summed E-state index contributed by atoms with van der Waals surface area (Å²) in [4.78, 5) is 10.0. The number of nitrogens with zero attached hydrogens (tertiary/aromatic N) is 2. The lowest BCUT2D eigenvalue weighted by Crippen LogP contribution is -1.92. The highest BCUT2D eigenvalue weighted by atomic mass is 14.7. The van der Waals surface area contributed by atoms with Crippen molar-refractivity contribution in [3.8, 4) is 22.5 Å². The molecule has 2 heteroatoms. The molecular formula is C44H24N2. The van der Waals surface area contributed by atoms with Crippen LogP contribution in [0, 0.1) is 0 Å². The molecule has 0 aliphatic heterocycles. The zero-order valence-electron chi connectivity index (χ0n) is 24.8. The predicted molar refractivity (Wildman–Crippen MR) is 195 cm³/mol. The van der Waals surface area contributed by atoms with Gasteiger partial charge in [0.2, 0.25) is 0 Å². The molecule has 9 aromatic carbocycles. The number of hydrogen-bond acceptors (Lipinski definition) is 2. The molecule has 46 heavy (non-hydrogen) atoms. The Bertz CT molecular complexity index is 2990. The van der Waals surface area contributed by atoms with E-state index in [4.69, 9.17) is 9.97 Å². The molecule has 0 N–H and O–H groups in total. The normalized spacial score (nSPS) is 12.3. The molecule has 0 saturated heterocycles. The first kappa shape index (κ1) is 24.2. The molecule has 2 nitrogen and oxygen atoms in total. The molecule has 0 spiro atoms. The van der Waals surface area contributed by atoms with Gasteiger partial charge in [0.15, 0.2) is 0 Å². The fourth-order valence-corrected chi connectivity index (χ4v) is 8.43. The summed E-state index contributed by atoms with van der Waals surface area (Å²) >= 11 is 0. The fourth-order valence-electron chi connectivity index (χ4n) is 8.43. The molecule has 0 radical (unpaired) electrons. The third-order valence-corrected chi connectivity index (χ3v) is 10.2. The average molecular weight is 581 g/mol. The summed E-state index contributed by atoms with van der Waals surface area (Å²) in [6, 6.07) is 48.8. The maximum atomic E-state index is 5.02. The van der Waals surface area contributed by atoms with E-state index in [2.05, 4.69) is 121 Å². The van der Waals surface area contributed by atoms with Gasteiger partial charge >= 0.3 is 0 Å². The highest BCUT2D eigenvalue weighted by molar-refractivity contribution is 6.43. The van der Waals surface area contributed by atoms with E-state index in [1.807, 2.05) is 24.5 Å². The van der Waals surface area contributed by atoms with Crippen molar-refractivity contribution in [2.45, 2.75) is 0 Å². The molecule has 0 bridgehead atoms. The van der Waals surface area contributed by atoms with Crippen LogP contribution in [0.4, 0.5) is 0 Å². The van der Waals surface area contributed by atoms with Gasteiger partial charge in [-0.15, -0.1) is 0 Å². The van der Waals surface area contributed by atoms with Gasteiger partial charge in [0, 0.05) is 34.3 Å². The summed E-state index contributed by atoms with van der Waals surface area (Å²) in [5.74, 6) is 0. The summed E-state index contributed by atoms with van der Waals surface area (Å²) in [5, 5.41) is 20.3. The molecule has 210 valence electrons. The lowest BCUT2D eigenvalue weighted by Gasteiger charge is -2.16. The van der Waals surface area contributed by atoms with Crippen molar-refractivity contribution >= 4 is 86.2 Å². The Morgan fingerprint density at radius 2 is 0.783 bits per heavy atom. The first-order valence-corrected chi connectivity index (χ1v) is 15.8. The van der Waals surface area contributed by atoms with Gasteiger partial charge < -0.3 is 0 Å². The fraction of sp³-hybridized carbons (Fsp3) is 0. The van der Waals surface area contributed by atoms with Crippen molar-refractivity contribution in [1.82, 2.24) is 9.97 Å². The van der Waals surface area contributed by atoms with Crippen molar-refractivity contribution in [3.63, 3.8) is 0 Å². The Balaban J connectivity index is 1.50. The van der Waals surface area contributed by atoms with Crippen LogP contribution in [-0.4, -0.2) is 9.97 Å². The average Bonchev–Trinajstić information content (AvgIpc) is 3.61. The van der Waals surface area contributed by atoms with Crippen LogP contribution in [-0.2, 0) is 0 Å². The number of fused-ring (bicyclic) bond motifs is 9. The van der Waals surface area contributed by atoms with Crippen LogP contribution in [0.25, 0.3) is 109 Å². The van der Waals surface area contributed by atoms with E-state index in [9.17, 15) is 0 Å². The Morgan fingerprint density at radius 3 is 1.41 bits per heavy atom. The summed E-state index contributed by atoms with van der Waals surface area (Å²) in [5.41, 5.74) is 4.34.